The van der Waals surface area contributed by atoms with E-state index in [0.29, 0.717) is 24.9 Å². The van der Waals surface area contributed by atoms with Crippen LogP contribution in [0.25, 0.3) is 0 Å². The summed E-state index contributed by atoms with van der Waals surface area (Å²) in [5.74, 6) is -0.334. The molecule has 5 nitrogen and oxygen atoms in total. The Bertz CT molecular complexity index is 375. The van der Waals surface area contributed by atoms with Crippen LogP contribution >= 0.6 is 0 Å². The third-order valence-electron chi connectivity index (χ3n) is 3.00. The second-order valence-electron chi connectivity index (χ2n) is 4.07. The van der Waals surface area contributed by atoms with E-state index in [4.69, 9.17) is 15.3 Å². The number of nitrogens with two attached hydrogens (primary N) is 1. The molecule has 3 N–H and O–H groups in total. The minimum atomic E-state index is -1.02. The number of furan rings is 1. The summed E-state index contributed by atoms with van der Waals surface area (Å²) in [4.78, 5) is 12.9. The van der Waals surface area contributed by atoms with Crippen LogP contribution in [0, 0.1) is 0 Å². The van der Waals surface area contributed by atoms with Crippen LogP contribution in [0.3, 0.4) is 0 Å². The maximum absolute atomic E-state index is 10.6. The monoisotopic (exact) mass is 224 g/mol. The molecule has 0 saturated carbocycles. The second-order valence-corrected chi connectivity index (χ2v) is 4.07. The number of nitrogens with zero attached hydrogens (tertiary/aromatic N) is 1. The average Bonchev–Trinajstić information content (AvgIpc) is 2.87. The zero-order chi connectivity index (χ0) is 11.5. The van der Waals surface area contributed by atoms with Crippen LogP contribution in [-0.2, 0) is 6.54 Å². The molecule has 88 valence electrons. The standard InChI is InChI=1S/C11H16N2O3/c12-6-8-2-1-5-13(8)7-9-3-4-10(16-9)11(14)15/h3-4,8H,1-2,5-7,12H2,(H,14,15). The van der Waals surface area contributed by atoms with Crippen LogP contribution in [0.15, 0.2) is 16.5 Å². The summed E-state index contributed by atoms with van der Waals surface area (Å²) in [7, 11) is 0. The quantitative estimate of drug-likeness (QED) is 0.794. The van der Waals surface area contributed by atoms with Gasteiger partial charge < -0.3 is 15.3 Å². The highest BCUT2D eigenvalue weighted by molar-refractivity contribution is 5.84. The Morgan fingerprint density at radius 1 is 1.62 bits per heavy atom. The van der Waals surface area contributed by atoms with Crippen LogP contribution in [0.2, 0.25) is 0 Å². The molecular weight excluding hydrogens is 208 g/mol. The summed E-state index contributed by atoms with van der Waals surface area (Å²) in [6.45, 7) is 2.30. The highest BCUT2D eigenvalue weighted by atomic mass is 16.4. The van der Waals surface area contributed by atoms with Gasteiger partial charge in [-0.25, -0.2) is 4.79 Å². The van der Waals surface area contributed by atoms with E-state index in [1.165, 1.54) is 6.07 Å². The van der Waals surface area contributed by atoms with E-state index in [9.17, 15) is 4.79 Å². The van der Waals surface area contributed by atoms with Gasteiger partial charge >= 0.3 is 5.97 Å². The van der Waals surface area contributed by atoms with E-state index < -0.39 is 5.97 Å². The topological polar surface area (TPSA) is 79.7 Å². The fraction of sp³-hybridized carbons (Fsp3) is 0.545. The molecule has 0 amide bonds. The number of carboxylic acid groups (broad SMARTS) is 1. The number of carbonyl (C=O) groups is 1. The van der Waals surface area contributed by atoms with E-state index in [1.54, 1.807) is 6.07 Å². The fourth-order valence-corrected chi connectivity index (χ4v) is 2.15. The molecule has 0 radical (unpaired) electrons. The van der Waals surface area contributed by atoms with E-state index in [1.807, 2.05) is 0 Å². The van der Waals surface area contributed by atoms with Crippen molar-refractivity contribution in [2.45, 2.75) is 25.4 Å². The summed E-state index contributed by atoms with van der Waals surface area (Å²) in [6.07, 6.45) is 2.26. The van der Waals surface area contributed by atoms with Gasteiger partial charge in [0.2, 0.25) is 5.76 Å². The number of rotatable bonds is 4. The molecule has 1 atom stereocenters. The van der Waals surface area contributed by atoms with Gasteiger partial charge in [0, 0.05) is 12.6 Å². The Hall–Kier alpha value is -1.33. The summed E-state index contributed by atoms with van der Waals surface area (Å²) in [5.41, 5.74) is 5.66. The van der Waals surface area contributed by atoms with E-state index in [2.05, 4.69) is 4.90 Å². The maximum atomic E-state index is 10.6. The summed E-state index contributed by atoms with van der Waals surface area (Å²) >= 11 is 0. The van der Waals surface area contributed by atoms with Crippen molar-refractivity contribution in [3.8, 4) is 0 Å². The highest BCUT2D eigenvalue weighted by Gasteiger charge is 2.24. The van der Waals surface area contributed by atoms with Gasteiger partial charge in [0.1, 0.15) is 5.76 Å². The predicted octanol–water partition coefficient (Wildman–Crippen LogP) is 0.901. The average molecular weight is 224 g/mol. The van der Waals surface area contributed by atoms with Crippen molar-refractivity contribution in [1.82, 2.24) is 4.90 Å². The van der Waals surface area contributed by atoms with Crippen molar-refractivity contribution in [2.75, 3.05) is 13.1 Å². The van der Waals surface area contributed by atoms with Gasteiger partial charge in [0.25, 0.3) is 0 Å². The number of hydrogen-bond acceptors (Lipinski definition) is 4. The lowest BCUT2D eigenvalue weighted by Gasteiger charge is -2.21. The predicted molar refractivity (Wildman–Crippen MR) is 58.2 cm³/mol. The van der Waals surface area contributed by atoms with Crippen molar-refractivity contribution in [2.24, 2.45) is 5.73 Å². The molecule has 0 aromatic carbocycles. The smallest absolute Gasteiger partial charge is 0.371 e. The lowest BCUT2D eigenvalue weighted by Crippen LogP contribution is -2.34. The molecule has 1 fully saturated rings. The lowest BCUT2D eigenvalue weighted by atomic mass is 10.2. The first kappa shape index (κ1) is 11.2. The summed E-state index contributed by atoms with van der Waals surface area (Å²) in [5, 5.41) is 8.73. The molecular formula is C11H16N2O3. The molecule has 1 unspecified atom stereocenters. The SMILES string of the molecule is NCC1CCCN1Cc1ccc(C(=O)O)o1. The number of aromatic carboxylic acids is 1. The number of likely N-dealkylation sites (tertiary alicyclic amines) is 1. The van der Waals surface area contributed by atoms with E-state index in [0.717, 1.165) is 19.4 Å². The van der Waals surface area contributed by atoms with E-state index >= 15 is 0 Å². The Labute approximate surface area is 93.8 Å². The van der Waals surface area contributed by atoms with Gasteiger partial charge in [0.05, 0.1) is 6.54 Å². The Morgan fingerprint density at radius 3 is 3.06 bits per heavy atom. The maximum Gasteiger partial charge on any atom is 0.371 e. The second kappa shape index (κ2) is 4.67. The number of hydrogen-bond donors (Lipinski definition) is 2. The molecule has 2 heterocycles. The first-order chi connectivity index (χ1) is 7.70. The molecule has 16 heavy (non-hydrogen) atoms. The first-order valence-electron chi connectivity index (χ1n) is 5.47. The van der Waals surface area contributed by atoms with Crippen LogP contribution in [0.5, 0.6) is 0 Å². The van der Waals surface area contributed by atoms with Gasteiger partial charge in [-0.1, -0.05) is 0 Å². The van der Waals surface area contributed by atoms with Gasteiger partial charge in [-0.2, -0.15) is 0 Å². The Morgan fingerprint density at radius 2 is 2.44 bits per heavy atom. The third kappa shape index (κ3) is 2.25. The first-order valence-corrected chi connectivity index (χ1v) is 5.47. The highest BCUT2D eigenvalue weighted by Crippen LogP contribution is 2.20. The molecule has 1 saturated heterocycles. The summed E-state index contributed by atoms with van der Waals surface area (Å²) in [6, 6.07) is 3.61. The Balaban J connectivity index is 2.00. The van der Waals surface area contributed by atoms with Crippen molar-refractivity contribution in [1.29, 1.82) is 0 Å². The molecule has 0 aliphatic carbocycles. The van der Waals surface area contributed by atoms with Crippen molar-refractivity contribution in [3.63, 3.8) is 0 Å². The normalized spacial score (nSPS) is 21.4. The fourth-order valence-electron chi connectivity index (χ4n) is 2.15. The van der Waals surface area contributed by atoms with Crippen molar-refractivity contribution < 1.29 is 14.3 Å². The molecule has 1 aromatic heterocycles. The van der Waals surface area contributed by atoms with Gasteiger partial charge in [-0.3, -0.25) is 4.90 Å². The van der Waals surface area contributed by atoms with Crippen molar-refractivity contribution >= 4 is 5.97 Å². The van der Waals surface area contributed by atoms with Gasteiger partial charge in [-0.05, 0) is 31.5 Å². The molecule has 1 aromatic rings. The largest absolute Gasteiger partial charge is 0.475 e. The van der Waals surface area contributed by atoms with Crippen molar-refractivity contribution in [3.05, 3.63) is 23.7 Å². The molecule has 1 aliphatic rings. The minimum absolute atomic E-state index is 0.00139. The zero-order valence-corrected chi connectivity index (χ0v) is 9.06. The lowest BCUT2D eigenvalue weighted by molar-refractivity contribution is 0.0658. The molecule has 0 spiro atoms. The van der Waals surface area contributed by atoms with Crippen LogP contribution in [-0.4, -0.2) is 35.1 Å². The molecule has 1 aliphatic heterocycles. The number of carboxylic acids is 1. The summed E-state index contributed by atoms with van der Waals surface area (Å²) < 4.78 is 5.22. The third-order valence-corrected chi connectivity index (χ3v) is 3.00. The van der Waals surface area contributed by atoms with Gasteiger partial charge in [-0.15, -0.1) is 0 Å². The van der Waals surface area contributed by atoms with Crippen LogP contribution < -0.4 is 5.73 Å². The minimum Gasteiger partial charge on any atom is -0.475 e. The van der Waals surface area contributed by atoms with Gasteiger partial charge in [0.15, 0.2) is 0 Å². The van der Waals surface area contributed by atoms with Crippen LogP contribution in [0.1, 0.15) is 29.2 Å². The Kier molecular flexibility index (Phi) is 3.26. The van der Waals surface area contributed by atoms with Crippen LogP contribution in [0.4, 0.5) is 0 Å². The molecule has 0 bridgehead atoms. The van der Waals surface area contributed by atoms with E-state index in [-0.39, 0.29) is 5.76 Å². The zero-order valence-electron chi connectivity index (χ0n) is 9.06. The molecule has 2 rings (SSSR count). The molecule has 5 heteroatoms.